The molecule has 2 nitrogen and oxygen atoms in total. The normalized spacial score (nSPS) is 12.6. The van der Waals surface area contributed by atoms with Crippen LogP contribution in [0.25, 0.3) is 43.6 Å². The molecular formula is C29H25FNO+. The van der Waals surface area contributed by atoms with Gasteiger partial charge in [-0.1, -0.05) is 44.2 Å². The van der Waals surface area contributed by atoms with Gasteiger partial charge in [-0.25, -0.2) is 8.96 Å². The minimum absolute atomic E-state index is 0.221. The van der Waals surface area contributed by atoms with E-state index >= 15 is 0 Å². The van der Waals surface area contributed by atoms with Crippen molar-refractivity contribution in [3.63, 3.8) is 0 Å². The second kappa shape index (κ2) is 6.77. The van der Waals surface area contributed by atoms with Crippen LogP contribution in [0.4, 0.5) is 4.39 Å². The Morgan fingerprint density at radius 3 is 2.50 bits per heavy atom. The summed E-state index contributed by atoms with van der Waals surface area (Å²) in [5, 5.41) is 6.50. The van der Waals surface area contributed by atoms with Crippen molar-refractivity contribution in [1.29, 1.82) is 0 Å². The van der Waals surface area contributed by atoms with E-state index in [-0.39, 0.29) is 5.82 Å². The lowest BCUT2D eigenvalue weighted by molar-refractivity contribution is -0.659. The zero-order valence-corrected chi connectivity index (χ0v) is 18.8. The van der Waals surface area contributed by atoms with Crippen molar-refractivity contribution in [3.8, 4) is 22.8 Å². The molecule has 1 aliphatic rings. The molecular weight excluding hydrogens is 397 g/mol. The Morgan fingerprint density at radius 1 is 0.938 bits per heavy atom. The first-order chi connectivity index (χ1) is 15.4. The first-order valence-electron chi connectivity index (χ1n) is 11.2. The Hall–Kier alpha value is -3.46. The summed E-state index contributed by atoms with van der Waals surface area (Å²) in [7, 11) is 2.08. The molecule has 0 bridgehead atoms. The molecule has 0 fully saturated rings. The van der Waals surface area contributed by atoms with E-state index in [9.17, 15) is 4.39 Å². The van der Waals surface area contributed by atoms with Gasteiger partial charge in [0.2, 0.25) is 5.69 Å². The highest BCUT2D eigenvalue weighted by Crippen LogP contribution is 2.52. The van der Waals surface area contributed by atoms with Crippen LogP contribution in [0, 0.1) is 18.7 Å². The standard InChI is InChI=1S/C29H25FNO/c1-16(2)13-24-21-8-6-5-7-20(21)17(3)26-28-27-22(11-12-31(28)4)23-15-19(30)10-9-18(23)14-25(27)32-29(24)26/h5-12,14-16H,13H2,1-4H3/q+1. The highest BCUT2D eigenvalue weighted by Gasteiger charge is 2.33. The minimum atomic E-state index is -0.221. The molecule has 4 aromatic carbocycles. The average molecular weight is 423 g/mol. The number of aryl methyl sites for hydroxylation is 2. The van der Waals surface area contributed by atoms with Gasteiger partial charge in [0.1, 0.15) is 24.4 Å². The van der Waals surface area contributed by atoms with Crippen LogP contribution in [0.1, 0.15) is 25.0 Å². The topological polar surface area (TPSA) is 13.1 Å². The molecule has 0 spiro atoms. The molecule has 2 heterocycles. The Bertz CT molecular complexity index is 1580. The molecule has 158 valence electrons. The number of rotatable bonds is 2. The first-order valence-corrected chi connectivity index (χ1v) is 11.2. The molecule has 0 saturated carbocycles. The molecule has 1 aromatic heterocycles. The van der Waals surface area contributed by atoms with E-state index in [1.807, 2.05) is 6.07 Å². The summed E-state index contributed by atoms with van der Waals surface area (Å²) in [6.07, 6.45) is 3.02. The molecule has 0 aliphatic carbocycles. The van der Waals surface area contributed by atoms with Gasteiger partial charge in [0.25, 0.3) is 0 Å². The lowest BCUT2D eigenvalue weighted by Gasteiger charge is -2.26. The highest BCUT2D eigenvalue weighted by molar-refractivity contribution is 6.16. The summed E-state index contributed by atoms with van der Waals surface area (Å²) in [5.41, 5.74) is 4.77. The summed E-state index contributed by atoms with van der Waals surface area (Å²) in [6, 6.07) is 17.8. The lowest BCUT2D eigenvalue weighted by Crippen LogP contribution is -2.32. The quantitative estimate of drug-likeness (QED) is 0.209. The zero-order valence-electron chi connectivity index (χ0n) is 18.8. The maximum Gasteiger partial charge on any atom is 0.228 e. The lowest BCUT2D eigenvalue weighted by atomic mass is 9.85. The monoisotopic (exact) mass is 422 g/mol. The number of benzene rings is 4. The van der Waals surface area contributed by atoms with Gasteiger partial charge in [0, 0.05) is 17.0 Å². The minimum Gasteiger partial charge on any atom is -0.455 e. The van der Waals surface area contributed by atoms with E-state index in [0.717, 1.165) is 50.7 Å². The predicted octanol–water partition coefficient (Wildman–Crippen LogP) is 7.39. The SMILES string of the molecule is Cc1c2c(c(CC(C)C)c3ccccc13)Oc1cc3ccc(F)cc3c3cc[n+](C)c-2c13. The van der Waals surface area contributed by atoms with E-state index in [1.165, 1.54) is 28.0 Å². The summed E-state index contributed by atoms with van der Waals surface area (Å²) < 4.78 is 23.1. The van der Waals surface area contributed by atoms with E-state index in [4.69, 9.17) is 4.74 Å². The highest BCUT2D eigenvalue weighted by atomic mass is 19.1. The van der Waals surface area contributed by atoms with Crippen molar-refractivity contribution in [2.45, 2.75) is 27.2 Å². The number of halogens is 1. The number of hydrogen-bond acceptors (Lipinski definition) is 1. The van der Waals surface area contributed by atoms with Crippen molar-refractivity contribution in [2.75, 3.05) is 0 Å². The maximum atomic E-state index is 14.2. The van der Waals surface area contributed by atoms with Crippen LogP contribution in [-0.4, -0.2) is 0 Å². The summed E-state index contributed by atoms with van der Waals surface area (Å²) >= 11 is 0. The molecule has 0 radical (unpaired) electrons. The maximum absolute atomic E-state index is 14.2. The second-order valence-corrected chi connectivity index (χ2v) is 9.36. The second-order valence-electron chi connectivity index (χ2n) is 9.36. The predicted molar refractivity (Wildman–Crippen MR) is 129 cm³/mol. The molecule has 0 atom stereocenters. The summed E-state index contributed by atoms with van der Waals surface area (Å²) in [5.74, 6) is 2.09. The van der Waals surface area contributed by atoms with Gasteiger partial charge in [-0.3, -0.25) is 0 Å². The average Bonchev–Trinajstić information content (AvgIpc) is 2.78. The number of ether oxygens (including phenoxy) is 1. The Balaban J connectivity index is 1.83. The van der Waals surface area contributed by atoms with Gasteiger partial charge in [0.15, 0.2) is 6.20 Å². The van der Waals surface area contributed by atoms with Gasteiger partial charge in [-0.15, -0.1) is 0 Å². The Labute approximate surface area is 186 Å². The number of pyridine rings is 1. The van der Waals surface area contributed by atoms with Gasteiger partial charge in [-0.05, 0) is 64.6 Å². The van der Waals surface area contributed by atoms with Crippen molar-refractivity contribution in [2.24, 2.45) is 13.0 Å². The smallest absolute Gasteiger partial charge is 0.228 e. The fraction of sp³-hybridized carbons (Fsp3) is 0.207. The van der Waals surface area contributed by atoms with Crippen molar-refractivity contribution in [1.82, 2.24) is 0 Å². The first kappa shape index (κ1) is 19.2. The van der Waals surface area contributed by atoms with E-state index < -0.39 is 0 Å². The number of nitrogens with zero attached hydrogens (tertiary/aromatic N) is 1. The molecule has 6 rings (SSSR count). The van der Waals surface area contributed by atoms with Crippen LogP contribution in [0.15, 0.2) is 60.8 Å². The van der Waals surface area contributed by atoms with E-state index in [2.05, 4.69) is 75.0 Å². The van der Waals surface area contributed by atoms with Crippen molar-refractivity contribution >= 4 is 32.3 Å². The number of fused-ring (bicyclic) bond motifs is 5. The van der Waals surface area contributed by atoms with Crippen LogP contribution in [-0.2, 0) is 13.5 Å². The van der Waals surface area contributed by atoms with Crippen molar-refractivity contribution in [3.05, 3.63) is 77.7 Å². The molecule has 32 heavy (non-hydrogen) atoms. The van der Waals surface area contributed by atoms with E-state index in [0.29, 0.717) is 5.92 Å². The Morgan fingerprint density at radius 2 is 1.72 bits per heavy atom. The van der Waals surface area contributed by atoms with Gasteiger partial charge < -0.3 is 4.74 Å². The van der Waals surface area contributed by atoms with Gasteiger partial charge >= 0.3 is 0 Å². The third kappa shape index (κ3) is 2.60. The molecule has 0 saturated heterocycles. The fourth-order valence-electron chi connectivity index (χ4n) is 5.37. The molecule has 0 N–H and O–H groups in total. The summed E-state index contributed by atoms with van der Waals surface area (Å²) in [4.78, 5) is 0. The van der Waals surface area contributed by atoms with Crippen LogP contribution >= 0.6 is 0 Å². The fourth-order valence-corrected chi connectivity index (χ4v) is 5.37. The van der Waals surface area contributed by atoms with Crippen LogP contribution < -0.4 is 9.30 Å². The third-order valence-corrected chi connectivity index (χ3v) is 6.76. The van der Waals surface area contributed by atoms with E-state index in [1.54, 1.807) is 6.07 Å². The zero-order chi connectivity index (χ0) is 22.1. The van der Waals surface area contributed by atoms with Gasteiger partial charge in [-0.2, -0.15) is 0 Å². The molecule has 0 unspecified atom stereocenters. The van der Waals surface area contributed by atoms with Gasteiger partial charge in [0.05, 0.1) is 10.9 Å². The summed E-state index contributed by atoms with van der Waals surface area (Å²) in [6.45, 7) is 6.69. The van der Waals surface area contributed by atoms with Crippen molar-refractivity contribution < 1.29 is 13.7 Å². The molecule has 3 heteroatoms. The third-order valence-electron chi connectivity index (χ3n) is 6.76. The Kier molecular flexibility index (Phi) is 4.07. The molecule has 5 aromatic rings. The number of hydrogen-bond donors (Lipinski definition) is 0. The molecule has 0 amide bonds. The van der Waals surface area contributed by atoms with Crippen LogP contribution in [0.5, 0.6) is 11.5 Å². The van der Waals surface area contributed by atoms with Crippen LogP contribution in [0.2, 0.25) is 0 Å². The number of aromatic nitrogens is 1. The largest absolute Gasteiger partial charge is 0.455 e. The van der Waals surface area contributed by atoms with Crippen LogP contribution in [0.3, 0.4) is 0 Å². The molecule has 1 aliphatic heterocycles.